The molecule has 0 bridgehead atoms. The number of para-hydroxylation sites is 2. The average molecular weight is 334 g/mol. The Hall–Kier alpha value is -2.99. The molecule has 1 amide bonds. The molecule has 0 aliphatic heterocycles. The zero-order chi connectivity index (χ0) is 16.5. The van der Waals surface area contributed by atoms with Gasteiger partial charge in [0.2, 0.25) is 0 Å². The van der Waals surface area contributed by atoms with Gasteiger partial charge in [-0.25, -0.2) is 9.67 Å². The van der Waals surface area contributed by atoms with Crippen LogP contribution in [0.1, 0.15) is 16.1 Å². The van der Waals surface area contributed by atoms with E-state index in [1.165, 1.54) is 11.3 Å². The molecule has 2 aromatic heterocycles. The lowest BCUT2D eigenvalue weighted by Crippen LogP contribution is -2.12. The van der Waals surface area contributed by atoms with E-state index in [1.54, 1.807) is 10.9 Å². The molecule has 0 radical (unpaired) electrons. The summed E-state index contributed by atoms with van der Waals surface area (Å²) in [4.78, 5) is 17.0. The Labute approximate surface area is 142 Å². The summed E-state index contributed by atoms with van der Waals surface area (Å²) < 4.78 is 2.80. The average Bonchev–Trinajstić information content (AvgIpc) is 3.18. The minimum Gasteiger partial charge on any atom is -0.298 e. The second-order valence-electron chi connectivity index (χ2n) is 5.33. The van der Waals surface area contributed by atoms with E-state index in [1.807, 2.05) is 61.5 Å². The molecule has 0 unspecified atom stereocenters. The number of carbonyl (C=O) groups is 1. The van der Waals surface area contributed by atoms with E-state index in [4.69, 9.17) is 0 Å². The largest absolute Gasteiger partial charge is 0.298 e. The SMILES string of the molecule is Cc1c(C(=O)Nc2nc3ccccc3s2)cnn1-c1ccccc1. The summed E-state index contributed by atoms with van der Waals surface area (Å²) in [7, 11) is 0. The maximum absolute atomic E-state index is 12.6. The second-order valence-corrected chi connectivity index (χ2v) is 6.36. The van der Waals surface area contributed by atoms with E-state index in [2.05, 4.69) is 15.4 Å². The van der Waals surface area contributed by atoms with Crippen molar-refractivity contribution in [1.82, 2.24) is 14.8 Å². The van der Waals surface area contributed by atoms with Crippen molar-refractivity contribution in [2.75, 3.05) is 5.32 Å². The van der Waals surface area contributed by atoms with Gasteiger partial charge in [-0.15, -0.1) is 0 Å². The van der Waals surface area contributed by atoms with Gasteiger partial charge in [0.1, 0.15) is 0 Å². The highest BCUT2D eigenvalue weighted by Crippen LogP contribution is 2.26. The van der Waals surface area contributed by atoms with E-state index in [0.717, 1.165) is 21.6 Å². The van der Waals surface area contributed by atoms with Crippen LogP contribution in [0.4, 0.5) is 5.13 Å². The van der Waals surface area contributed by atoms with Crippen LogP contribution < -0.4 is 5.32 Å². The first-order valence-electron chi connectivity index (χ1n) is 7.49. The Morgan fingerprint density at radius 2 is 1.83 bits per heavy atom. The number of hydrogen-bond donors (Lipinski definition) is 1. The highest BCUT2D eigenvalue weighted by Gasteiger charge is 2.16. The summed E-state index contributed by atoms with van der Waals surface area (Å²) in [5, 5.41) is 7.79. The topological polar surface area (TPSA) is 59.8 Å². The number of rotatable bonds is 3. The van der Waals surface area contributed by atoms with E-state index >= 15 is 0 Å². The molecule has 0 aliphatic carbocycles. The first kappa shape index (κ1) is 14.6. The number of anilines is 1. The monoisotopic (exact) mass is 334 g/mol. The van der Waals surface area contributed by atoms with Crippen LogP contribution in [0.5, 0.6) is 0 Å². The zero-order valence-electron chi connectivity index (χ0n) is 12.9. The smallest absolute Gasteiger partial charge is 0.260 e. The minimum absolute atomic E-state index is 0.200. The molecule has 6 heteroatoms. The van der Waals surface area contributed by atoms with E-state index in [0.29, 0.717) is 10.7 Å². The summed E-state index contributed by atoms with van der Waals surface area (Å²) in [5.74, 6) is -0.200. The zero-order valence-corrected chi connectivity index (χ0v) is 13.7. The van der Waals surface area contributed by atoms with Gasteiger partial charge in [-0.1, -0.05) is 41.7 Å². The van der Waals surface area contributed by atoms with Gasteiger partial charge in [0.05, 0.1) is 33.4 Å². The maximum atomic E-state index is 12.6. The van der Waals surface area contributed by atoms with Crippen LogP contribution in [-0.4, -0.2) is 20.7 Å². The van der Waals surface area contributed by atoms with Crippen LogP contribution in [0.15, 0.2) is 60.8 Å². The summed E-state index contributed by atoms with van der Waals surface area (Å²) in [5.41, 5.74) is 3.14. The number of hydrogen-bond acceptors (Lipinski definition) is 4. The molecule has 2 heterocycles. The molecule has 2 aromatic carbocycles. The van der Waals surface area contributed by atoms with Gasteiger partial charge in [-0.3, -0.25) is 10.1 Å². The molecule has 0 saturated carbocycles. The highest BCUT2D eigenvalue weighted by molar-refractivity contribution is 7.22. The molecule has 0 saturated heterocycles. The molecule has 0 atom stereocenters. The second kappa shape index (κ2) is 5.90. The fourth-order valence-corrected chi connectivity index (χ4v) is 3.41. The molecule has 4 rings (SSSR count). The fraction of sp³-hybridized carbons (Fsp3) is 0.0556. The van der Waals surface area contributed by atoms with Crippen LogP contribution in [0.3, 0.4) is 0 Å². The van der Waals surface area contributed by atoms with Crippen molar-refractivity contribution in [3.8, 4) is 5.69 Å². The van der Waals surface area contributed by atoms with Crippen molar-refractivity contribution < 1.29 is 4.79 Å². The minimum atomic E-state index is -0.200. The van der Waals surface area contributed by atoms with Crippen molar-refractivity contribution >= 4 is 32.6 Å². The van der Waals surface area contributed by atoms with Gasteiger partial charge >= 0.3 is 0 Å². The first-order valence-corrected chi connectivity index (χ1v) is 8.31. The van der Waals surface area contributed by atoms with Crippen molar-refractivity contribution in [3.05, 3.63) is 72.1 Å². The normalized spacial score (nSPS) is 10.9. The van der Waals surface area contributed by atoms with Gasteiger partial charge in [0.15, 0.2) is 5.13 Å². The number of nitrogens with zero attached hydrogens (tertiary/aromatic N) is 3. The van der Waals surface area contributed by atoms with Crippen LogP contribution in [0, 0.1) is 6.92 Å². The lowest BCUT2D eigenvalue weighted by Gasteiger charge is -2.05. The van der Waals surface area contributed by atoms with Crippen molar-refractivity contribution in [1.29, 1.82) is 0 Å². The third-order valence-electron chi connectivity index (χ3n) is 3.77. The lowest BCUT2D eigenvalue weighted by molar-refractivity contribution is 0.102. The molecular formula is C18H14N4OS. The van der Waals surface area contributed by atoms with Crippen molar-refractivity contribution in [2.45, 2.75) is 6.92 Å². The van der Waals surface area contributed by atoms with Gasteiger partial charge in [-0.05, 0) is 31.2 Å². The molecule has 4 aromatic rings. The summed E-state index contributed by atoms with van der Waals surface area (Å²) >= 11 is 1.46. The van der Waals surface area contributed by atoms with Crippen LogP contribution in [0.25, 0.3) is 15.9 Å². The highest BCUT2D eigenvalue weighted by atomic mass is 32.1. The molecule has 0 fully saturated rings. The van der Waals surface area contributed by atoms with Gasteiger partial charge < -0.3 is 0 Å². The fourth-order valence-electron chi connectivity index (χ4n) is 2.55. The third kappa shape index (κ3) is 2.57. The number of nitrogens with one attached hydrogen (secondary N) is 1. The van der Waals surface area contributed by atoms with Gasteiger partial charge in [-0.2, -0.15) is 5.10 Å². The standard InChI is InChI=1S/C18H14N4OS/c1-12-14(11-19-22(12)13-7-3-2-4-8-13)17(23)21-18-20-15-9-5-6-10-16(15)24-18/h2-11H,1H3,(H,20,21,23). The number of aromatic nitrogens is 3. The number of carbonyl (C=O) groups excluding carboxylic acids is 1. The molecule has 0 aliphatic rings. The molecule has 24 heavy (non-hydrogen) atoms. The number of fused-ring (bicyclic) bond motifs is 1. The lowest BCUT2D eigenvalue weighted by atomic mass is 10.2. The van der Waals surface area contributed by atoms with Crippen LogP contribution in [-0.2, 0) is 0 Å². The molecule has 0 spiro atoms. The molecule has 118 valence electrons. The van der Waals surface area contributed by atoms with Crippen molar-refractivity contribution in [2.24, 2.45) is 0 Å². The number of benzene rings is 2. The van der Waals surface area contributed by atoms with E-state index in [-0.39, 0.29) is 5.91 Å². The molecule has 1 N–H and O–H groups in total. The molecule has 5 nitrogen and oxygen atoms in total. The quantitative estimate of drug-likeness (QED) is 0.615. The predicted octanol–water partition coefficient (Wildman–Crippen LogP) is 4.04. The van der Waals surface area contributed by atoms with E-state index < -0.39 is 0 Å². The van der Waals surface area contributed by atoms with Gasteiger partial charge in [0.25, 0.3) is 5.91 Å². The Bertz CT molecular complexity index is 987. The number of thiazole rings is 1. The summed E-state index contributed by atoms with van der Waals surface area (Å²) in [6.07, 6.45) is 1.59. The third-order valence-corrected chi connectivity index (χ3v) is 4.72. The van der Waals surface area contributed by atoms with Gasteiger partial charge in [0, 0.05) is 0 Å². The van der Waals surface area contributed by atoms with Crippen LogP contribution >= 0.6 is 11.3 Å². The Morgan fingerprint density at radius 1 is 1.08 bits per heavy atom. The number of amides is 1. The van der Waals surface area contributed by atoms with Crippen molar-refractivity contribution in [3.63, 3.8) is 0 Å². The Kier molecular flexibility index (Phi) is 3.59. The Morgan fingerprint density at radius 3 is 2.62 bits per heavy atom. The van der Waals surface area contributed by atoms with Crippen LogP contribution in [0.2, 0.25) is 0 Å². The molecular weight excluding hydrogens is 320 g/mol. The summed E-state index contributed by atoms with van der Waals surface area (Å²) in [6, 6.07) is 17.5. The predicted molar refractivity (Wildman–Crippen MR) is 95.9 cm³/mol. The first-order chi connectivity index (χ1) is 11.7. The van der Waals surface area contributed by atoms with E-state index in [9.17, 15) is 4.79 Å². The maximum Gasteiger partial charge on any atom is 0.260 e. The summed E-state index contributed by atoms with van der Waals surface area (Å²) in [6.45, 7) is 1.88. The Balaban J connectivity index is 1.62.